The monoisotopic (exact) mass is 132 g/mol. The molecule has 1 aliphatic heterocycles. The molecule has 0 saturated carbocycles. The summed E-state index contributed by atoms with van der Waals surface area (Å²) in [6, 6.07) is 0. The van der Waals surface area contributed by atoms with Gasteiger partial charge in [0.05, 0.1) is 12.2 Å². The minimum absolute atomic E-state index is 0.214. The first-order valence-corrected chi connectivity index (χ1v) is 3.21. The van der Waals surface area contributed by atoms with Crippen molar-refractivity contribution < 1.29 is 14.9 Å². The van der Waals surface area contributed by atoms with E-state index in [9.17, 15) is 0 Å². The molecule has 1 aliphatic rings. The van der Waals surface area contributed by atoms with Crippen molar-refractivity contribution in [2.45, 2.75) is 38.3 Å². The summed E-state index contributed by atoms with van der Waals surface area (Å²) in [6.45, 7) is 1.76. The third-order valence-corrected chi connectivity index (χ3v) is 1.62. The highest BCUT2D eigenvalue weighted by atomic mass is 16.6. The van der Waals surface area contributed by atoms with Crippen LogP contribution in [0.3, 0.4) is 0 Å². The molecular weight excluding hydrogens is 120 g/mol. The van der Waals surface area contributed by atoms with Crippen molar-refractivity contribution in [2.24, 2.45) is 0 Å². The van der Waals surface area contributed by atoms with E-state index in [1.807, 2.05) is 0 Å². The average molecular weight is 132 g/mol. The molecule has 0 aliphatic carbocycles. The van der Waals surface area contributed by atoms with Gasteiger partial charge < -0.3 is 14.9 Å². The van der Waals surface area contributed by atoms with Gasteiger partial charge in [-0.1, -0.05) is 0 Å². The van der Waals surface area contributed by atoms with E-state index in [0.717, 1.165) is 0 Å². The Morgan fingerprint density at radius 2 is 2.00 bits per heavy atom. The molecule has 2 N–H and O–H groups in total. The van der Waals surface area contributed by atoms with Crippen LogP contribution in [0.15, 0.2) is 0 Å². The van der Waals surface area contributed by atoms with E-state index in [1.165, 1.54) is 0 Å². The fourth-order valence-electron chi connectivity index (χ4n) is 0.955. The van der Waals surface area contributed by atoms with E-state index in [2.05, 4.69) is 0 Å². The highest BCUT2D eigenvalue weighted by Crippen LogP contribution is 2.16. The van der Waals surface area contributed by atoms with Gasteiger partial charge in [0.25, 0.3) is 0 Å². The van der Waals surface area contributed by atoms with Crippen LogP contribution < -0.4 is 0 Å². The van der Waals surface area contributed by atoms with Crippen molar-refractivity contribution in [2.75, 3.05) is 0 Å². The highest BCUT2D eigenvalue weighted by Gasteiger charge is 2.24. The second-order valence-corrected chi connectivity index (χ2v) is 2.44. The van der Waals surface area contributed by atoms with E-state index in [-0.39, 0.29) is 6.10 Å². The third kappa shape index (κ3) is 1.64. The van der Waals surface area contributed by atoms with Gasteiger partial charge >= 0.3 is 0 Å². The van der Waals surface area contributed by atoms with E-state index >= 15 is 0 Å². The van der Waals surface area contributed by atoms with E-state index in [4.69, 9.17) is 14.9 Å². The Morgan fingerprint density at radius 1 is 1.33 bits per heavy atom. The molecule has 0 aromatic heterocycles. The molecule has 0 aromatic rings. The second-order valence-electron chi connectivity index (χ2n) is 2.44. The first-order valence-electron chi connectivity index (χ1n) is 3.21. The normalized spacial score (nSPS) is 45.0. The van der Waals surface area contributed by atoms with Gasteiger partial charge in [0, 0.05) is 6.42 Å². The number of aliphatic hydroxyl groups is 2. The van der Waals surface area contributed by atoms with Crippen LogP contribution in [0.5, 0.6) is 0 Å². The van der Waals surface area contributed by atoms with Gasteiger partial charge in [0.2, 0.25) is 0 Å². The number of rotatable bonds is 0. The number of ether oxygens (including phenoxy) is 1. The van der Waals surface area contributed by atoms with E-state index in [1.54, 1.807) is 6.92 Å². The Balaban J connectivity index is 2.35. The maximum Gasteiger partial charge on any atom is 0.155 e. The van der Waals surface area contributed by atoms with Gasteiger partial charge in [-0.3, -0.25) is 0 Å². The Hall–Kier alpha value is -0.120. The Bertz CT molecular complexity index is 94.3. The summed E-state index contributed by atoms with van der Waals surface area (Å²) in [5.74, 6) is 0. The lowest BCUT2D eigenvalue weighted by Gasteiger charge is -2.28. The number of aliphatic hydroxyl groups excluding tert-OH is 2. The minimum Gasteiger partial charge on any atom is -0.390 e. The Kier molecular flexibility index (Phi) is 2.05. The van der Waals surface area contributed by atoms with Gasteiger partial charge in [0.15, 0.2) is 6.29 Å². The zero-order valence-corrected chi connectivity index (χ0v) is 5.45. The van der Waals surface area contributed by atoms with E-state index in [0.29, 0.717) is 12.8 Å². The fraction of sp³-hybridized carbons (Fsp3) is 1.00. The standard InChI is InChI=1S/C6H12O3/c1-4-5(7)2-3-6(8)9-4/h4-8H,2-3H2,1H3/t4-,5?,6+/m0/s1. The smallest absolute Gasteiger partial charge is 0.155 e. The number of hydrogen-bond donors (Lipinski definition) is 2. The Labute approximate surface area is 54.3 Å². The second kappa shape index (κ2) is 2.64. The van der Waals surface area contributed by atoms with Crippen LogP contribution in [-0.4, -0.2) is 28.7 Å². The molecule has 0 spiro atoms. The molecule has 1 unspecified atom stereocenters. The summed E-state index contributed by atoms with van der Waals surface area (Å²) in [5, 5.41) is 17.9. The molecule has 9 heavy (non-hydrogen) atoms. The third-order valence-electron chi connectivity index (χ3n) is 1.62. The highest BCUT2D eigenvalue weighted by molar-refractivity contribution is 4.69. The van der Waals surface area contributed by atoms with Crippen molar-refractivity contribution in [3.05, 3.63) is 0 Å². The van der Waals surface area contributed by atoms with E-state index < -0.39 is 12.4 Å². The SMILES string of the molecule is C[C@@H]1O[C@@H](O)CCC1O. The molecule has 3 heteroatoms. The molecule has 0 aromatic carbocycles. The lowest BCUT2D eigenvalue weighted by Crippen LogP contribution is -2.36. The maximum absolute atomic E-state index is 9.06. The van der Waals surface area contributed by atoms with Crippen LogP contribution in [0.25, 0.3) is 0 Å². The van der Waals surface area contributed by atoms with Crippen LogP contribution in [-0.2, 0) is 4.74 Å². The fourth-order valence-corrected chi connectivity index (χ4v) is 0.955. The van der Waals surface area contributed by atoms with Crippen molar-refractivity contribution in [3.8, 4) is 0 Å². The van der Waals surface area contributed by atoms with Crippen LogP contribution in [0.2, 0.25) is 0 Å². The summed E-state index contributed by atoms with van der Waals surface area (Å²) in [4.78, 5) is 0. The molecule has 54 valence electrons. The van der Waals surface area contributed by atoms with Gasteiger partial charge in [0.1, 0.15) is 0 Å². The van der Waals surface area contributed by atoms with Crippen LogP contribution >= 0.6 is 0 Å². The average Bonchev–Trinajstić information content (AvgIpc) is 1.80. The summed E-state index contributed by atoms with van der Waals surface area (Å²) in [5.41, 5.74) is 0. The lowest BCUT2D eigenvalue weighted by atomic mass is 10.1. The molecule has 0 amide bonds. The van der Waals surface area contributed by atoms with Crippen molar-refractivity contribution >= 4 is 0 Å². The summed E-state index contributed by atoms with van der Waals surface area (Å²) < 4.78 is 4.90. The first kappa shape index (κ1) is 6.99. The summed E-state index contributed by atoms with van der Waals surface area (Å²) >= 11 is 0. The van der Waals surface area contributed by atoms with Gasteiger partial charge in [-0.15, -0.1) is 0 Å². The van der Waals surface area contributed by atoms with Crippen molar-refractivity contribution in [1.82, 2.24) is 0 Å². The summed E-state index contributed by atoms with van der Waals surface area (Å²) in [7, 11) is 0. The minimum atomic E-state index is -0.664. The largest absolute Gasteiger partial charge is 0.390 e. The molecular formula is C6H12O3. The zero-order valence-electron chi connectivity index (χ0n) is 5.45. The van der Waals surface area contributed by atoms with Crippen LogP contribution in [0.1, 0.15) is 19.8 Å². The number of hydrogen-bond acceptors (Lipinski definition) is 3. The van der Waals surface area contributed by atoms with Gasteiger partial charge in [-0.05, 0) is 13.3 Å². The zero-order chi connectivity index (χ0) is 6.85. The molecule has 1 heterocycles. The molecule has 3 atom stereocenters. The molecule has 0 bridgehead atoms. The van der Waals surface area contributed by atoms with Crippen LogP contribution in [0.4, 0.5) is 0 Å². The summed E-state index contributed by atoms with van der Waals surface area (Å²) in [6.07, 6.45) is -0.0843. The first-order chi connectivity index (χ1) is 4.20. The predicted octanol–water partition coefficient (Wildman–Crippen LogP) is -0.135. The molecule has 1 saturated heterocycles. The molecule has 1 fully saturated rings. The quantitative estimate of drug-likeness (QED) is 0.482. The van der Waals surface area contributed by atoms with Crippen LogP contribution in [0, 0.1) is 0 Å². The van der Waals surface area contributed by atoms with Crippen molar-refractivity contribution in [1.29, 1.82) is 0 Å². The van der Waals surface area contributed by atoms with Crippen molar-refractivity contribution in [3.63, 3.8) is 0 Å². The van der Waals surface area contributed by atoms with Gasteiger partial charge in [-0.2, -0.15) is 0 Å². The van der Waals surface area contributed by atoms with Gasteiger partial charge in [-0.25, -0.2) is 0 Å². The Morgan fingerprint density at radius 3 is 2.44 bits per heavy atom. The molecule has 0 radical (unpaired) electrons. The predicted molar refractivity (Wildman–Crippen MR) is 31.8 cm³/mol. The maximum atomic E-state index is 9.06. The topological polar surface area (TPSA) is 49.7 Å². The molecule has 1 rings (SSSR count). The molecule has 3 nitrogen and oxygen atoms in total. The lowest BCUT2D eigenvalue weighted by molar-refractivity contribution is -0.192.